The lowest BCUT2D eigenvalue weighted by Gasteiger charge is -2.44. The molecule has 1 aliphatic carbocycles. The zero-order valence-corrected chi connectivity index (χ0v) is 9.56. The molecule has 2 heterocycles. The van der Waals surface area contributed by atoms with Gasteiger partial charge in [0.2, 0.25) is 0 Å². The SMILES string of the molecule is NCC1(N2CC3CC3C2)CCSCC1. The molecule has 80 valence electrons. The van der Waals surface area contributed by atoms with Crippen LogP contribution in [0.1, 0.15) is 19.3 Å². The normalized spacial score (nSPS) is 40.9. The lowest BCUT2D eigenvalue weighted by molar-refractivity contribution is 0.0992. The first-order chi connectivity index (χ1) is 6.84. The van der Waals surface area contributed by atoms with E-state index in [1.807, 2.05) is 0 Å². The molecular formula is C11H20N2S. The summed E-state index contributed by atoms with van der Waals surface area (Å²) in [5, 5.41) is 0. The van der Waals surface area contributed by atoms with E-state index in [-0.39, 0.29) is 0 Å². The van der Waals surface area contributed by atoms with Crippen molar-refractivity contribution in [3.63, 3.8) is 0 Å². The number of hydrogen-bond acceptors (Lipinski definition) is 3. The molecule has 2 atom stereocenters. The fourth-order valence-electron chi connectivity index (χ4n) is 3.19. The molecule has 2 saturated heterocycles. The van der Waals surface area contributed by atoms with Crippen LogP contribution in [0, 0.1) is 11.8 Å². The van der Waals surface area contributed by atoms with Crippen molar-refractivity contribution < 1.29 is 0 Å². The summed E-state index contributed by atoms with van der Waals surface area (Å²) in [5.41, 5.74) is 6.43. The molecule has 0 spiro atoms. The largest absolute Gasteiger partial charge is 0.329 e. The van der Waals surface area contributed by atoms with Crippen molar-refractivity contribution in [1.29, 1.82) is 0 Å². The summed E-state index contributed by atoms with van der Waals surface area (Å²) >= 11 is 2.10. The van der Waals surface area contributed by atoms with Crippen molar-refractivity contribution >= 4 is 11.8 Å². The third-order valence-electron chi connectivity index (χ3n) is 4.45. The van der Waals surface area contributed by atoms with Gasteiger partial charge in [0.05, 0.1) is 0 Å². The van der Waals surface area contributed by atoms with Gasteiger partial charge in [-0.2, -0.15) is 11.8 Å². The molecule has 0 aromatic carbocycles. The van der Waals surface area contributed by atoms with Crippen molar-refractivity contribution in [2.75, 3.05) is 31.1 Å². The highest BCUT2D eigenvalue weighted by molar-refractivity contribution is 7.99. The summed E-state index contributed by atoms with van der Waals surface area (Å²) in [7, 11) is 0. The van der Waals surface area contributed by atoms with E-state index < -0.39 is 0 Å². The van der Waals surface area contributed by atoms with Gasteiger partial charge in [-0.25, -0.2) is 0 Å². The zero-order chi connectivity index (χ0) is 9.60. The Balaban J connectivity index is 1.71. The van der Waals surface area contributed by atoms with Crippen LogP contribution in [0.2, 0.25) is 0 Å². The second-order valence-electron chi connectivity index (χ2n) is 5.20. The van der Waals surface area contributed by atoms with E-state index >= 15 is 0 Å². The van der Waals surface area contributed by atoms with Gasteiger partial charge < -0.3 is 5.73 Å². The molecule has 2 nitrogen and oxygen atoms in total. The maximum atomic E-state index is 6.03. The number of piperidine rings is 1. The first-order valence-corrected chi connectivity index (χ1v) is 7.02. The van der Waals surface area contributed by atoms with Gasteiger partial charge in [0.1, 0.15) is 0 Å². The first kappa shape index (κ1) is 9.49. The van der Waals surface area contributed by atoms with Gasteiger partial charge in [0.15, 0.2) is 0 Å². The molecule has 14 heavy (non-hydrogen) atoms. The van der Waals surface area contributed by atoms with Crippen molar-refractivity contribution in [3.8, 4) is 0 Å². The summed E-state index contributed by atoms with van der Waals surface area (Å²) in [6.07, 6.45) is 4.16. The lowest BCUT2D eigenvalue weighted by Crippen LogP contribution is -2.55. The Bertz CT molecular complexity index is 215. The smallest absolute Gasteiger partial charge is 0.0347 e. The Hall–Kier alpha value is 0.270. The van der Waals surface area contributed by atoms with Crippen LogP contribution in [0.25, 0.3) is 0 Å². The van der Waals surface area contributed by atoms with Gasteiger partial charge in [-0.15, -0.1) is 0 Å². The number of rotatable bonds is 2. The second-order valence-corrected chi connectivity index (χ2v) is 6.43. The summed E-state index contributed by atoms with van der Waals surface area (Å²) in [4.78, 5) is 2.73. The van der Waals surface area contributed by atoms with E-state index in [1.54, 1.807) is 0 Å². The van der Waals surface area contributed by atoms with Crippen LogP contribution < -0.4 is 5.73 Å². The highest BCUT2D eigenvalue weighted by Crippen LogP contribution is 2.48. The van der Waals surface area contributed by atoms with E-state index in [9.17, 15) is 0 Å². The number of nitrogens with two attached hydrogens (primary N) is 1. The summed E-state index contributed by atoms with van der Waals surface area (Å²) in [6.45, 7) is 3.59. The molecule has 2 aliphatic heterocycles. The predicted octanol–water partition coefficient (Wildman–Crippen LogP) is 1.16. The zero-order valence-electron chi connectivity index (χ0n) is 8.74. The first-order valence-electron chi connectivity index (χ1n) is 5.87. The Morgan fingerprint density at radius 2 is 1.86 bits per heavy atom. The molecule has 3 fully saturated rings. The van der Waals surface area contributed by atoms with E-state index in [2.05, 4.69) is 16.7 Å². The molecule has 0 bridgehead atoms. The fourth-order valence-corrected chi connectivity index (χ4v) is 4.44. The molecule has 0 radical (unpaired) electrons. The molecule has 3 heteroatoms. The third-order valence-corrected chi connectivity index (χ3v) is 5.44. The van der Waals surface area contributed by atoms with Gasteiger partial charge in [0, 0.05) is 25.2 Å². The topological polar surface area (TPSA) is 29.3 Å². The number of hydrogen-bond donors (Lipinski definition) is 1. The molecule has 0 amide bonds. The van der Waals surface area contributed by atoms with Crippen LogP contribution in [-0.4, -0.2) is 41.6 Å². The molecule has 2 N–H and O–H groups in total. The minimum atomic E-state index is 0.401. The molecule has 2 unspecified atom stereocenters. The minimum absolute atomic E-state index is 0.401. The van der Waals surface area contributed by atoms with Gasteiger partial charge in [-0.05, 0) is 42.6 Å². The summed E-state index contributed by atoms with van der Waals surface area (Å²) in [6, 6.07) is 0. The van der Waals surface area contributed by atoms with Crippen LogP contribution in [0.4, 0.5) is 0 Å². The number of fused-ring (bicyclic) bond motifs is 1. The van der Waals surface area contributed by atoms with Crippen LogP contribution >= 0.6 is 11.8 Å². The number of likely N-dealkylation sites (tertiary alicyclic amines) is 1. The van der Waals surface area contributed by atoms with Crippen LogP contribution in [-0.2, 0) is 0 Å². The third kappa shape index (κ3) is 1.41. The van der Waals surface area contributed by atoms with Gasteiger partial charge >= 0.3 is 0 Å². The highest BCUT2D eigenvalue weighted by Gasteiger charge is 2.51. The van der Waals surface area contributed by atoms with Crippen molar-refractivity contribution in [3.05, 3.63) is 0 Å². The average Bonchev–Trinajstić information content (AvgIpc) is 2.87. The highest BCUT2D eigenvalue weighted by atomic mass is 32.2. The molecule has 0 aromatic rings. The number of thioether (sulfide) groups is 1. The second kappa shape index (κ2) is 3.39. The molecule has 1 saturated carbocycles. The van der Waals surface area contributed by atoms with E-state index in [0.29, 0.717) is 5.54 Å². The van der Waals surface area contributed by atoms with E-state index in [1.165, 1.54) is 43.9 Å². The van der Waals surface area contributed by atoms with Crippen LogP contribution in [0.15, 0.2) is 0 Å². The Labute approximate surface area is 90.6 Å². The van der Waals surface area contributed by atoms with Gasteiger partial charge in [-0.3, -0.25) is 4.90 Å². The standard InChI is InChI=1S/C11H20N2S/c12-8-11(1-3-14-4-2-11)13-6-9-5-10(9)7-13/h9-10H,1-8,12H2. The summed E-state index contributed by atoms with van der Waals surface area (Å²) < 4.78 is 0. The molecule has 3 rings (SSSR count). The Kier molecular flexibility index (Phi) is 2.30. The Morgan fingerprint density at radius 3 is 2.43 bits per heavy atom. The Morgan fingerprint density at radius 1 is 1.21 bits per heavy atom. The van der Waals surface area contributed by atoms with E-state index in [4.69, 9.17) is 5.73 Å². The minimum Gasteiger partial charge on any atom is -0.329 e. The average molecular weight is 212 g/mol. The van der Waals surface area contributed by atoms with Crippen molar-refractivity contribution in [2.45, 2.75) is 24.8 Å². The lowest BCUT2D eigenvalue weighted by atomic mass is 9.90. The molecule has 0 aromatic heterocycles. The van der Waals surface area contributed by atoms with Crippen molar-refractivity contribution in [2.24, 2.45) is 17.6 Å². The maximum Gasteiger partial charge on any atom is 0.0347 e. The quantitative estimate of drug-likeness (QED) is 0.745. The maximum absolute atomic E-state index is 6.03. The van der Waals surface area contributed by atoms with Crippen LogP contribution in [0.3, 0.4) is 0 Å². The summed E-state index contributed by atoms with van der Waals surface area (Å²) in [5.74, 6) is 4.74. The van der Waals surface area contributed by atoms with E-state index in [0.717, 1.165) is 18.4 Å². The molecule has 3 aliphatic rings. The van der Waals surface area contributed by atoms with Gasteiger partial charge in [0.25, 0.3) is 0 Å². The monoisotopic (exact) mass is 212 g/mol. The number of nitrogens with zero attached hydrogens (tertiary/aromatic N) is 1. The van der Waals surface area contributed by atoms with Crippen LogP contribution in [0.5, 0.6) is 0 Å². The van der Waals surface area contributed by atoms with Gasteiger partial charge in [-0.1, -0.05) is 0 Å². The molecular weight excluding hydrogens is 192 g/mol. The fraction of sp³-hybridized carbons (Fsp3) is 1.00. The predicted molar refractivity (Wildman–Crippen MR) is 61.5 cm³/mol. The van der Waals surface area contributed by atoms with Crippen molar-refractivity contribution in [1.82, 2.24) is 4.90 Å².